The van der Waals surface area contributed by atoms with Gasteiger partial charge in [0.25, 0.3) is 10.0 Å². The molecule has 6 nitrogen and oxygen atoms in total. The van der Waals surface area contributed by atoms with Crippen LogP contribution in [0.3, 0.4) is 0 Å². The predicted octanol–water partition coefficient (Wildman–Crippen LogP) is 3.99. The van der Waals surface area contributed by atoms with Crippen molar-refractivity contribution in [3.8, 4) is 0 Å². The van der Waals surface area contributed by atoms with E-state index in [2.05, 4.69) is 4.90 Å². The molecule has 1 aliphatic heterocycles. The van der Waals surface area contributed by atoms with Crippen LogP contribution in [0.4, 0.5) is 15.8 Å². The molecule has 178 valence electrons. The lowest BCUT2D eigenvalue weighted by molar-refractivity contribution is -0.129. The maximum Gasteiger partial charge on any atom is 0.264 e. The first-order chi connectivity index (χ1) is 16.3. The van der Waals surface area contributed by atoms with E-state index in [1.165, 1.54) is 28.6 Å². The molecule has 34 heavy (non-hydrogen) atoms. The second-order valence-corrected chi connectivity index (χ2v) is 10.3. The fraction of sp³-hybridized carbons (Fsp3) is 0.269. The zero-order valence-corrected chi connectivity index (χ0v) is 20.1. The topological polar surface area (TPSA) is 60.9 Å². The van der Waals surface area contributed by atoms with E-state index in [4.69, 9.17) is 0 Å². The fourth-order valence-electron chi connectivity index (χ4n) is 4.00. The van der Waals surface area contributed by atoms with E-state index in [1.54, 1.807) is 47.4 Å². The summed E-state index contributed by atoms with van der Waals surface area (Å²) in [5, 5.41) is 0. The molecule has 0 spiro atoms. The van der Waals surface area contributed by atoms with Crippen molar-refractivity contribution < 1.29 is 17.6 Å². The number of carbonyl (C=O) groups is 1. The van der Waals surface area contributed by atoms with Gasteiger partial charge in [0, 0.05) is 31.9 Å². The summed E-state index contributed by atoms with van der Waals surface area (Å²) in [6, 6.07) is 19.9. The van der Waals surface area contributed by atoms with Crippen molar-refractivity contribution in [3.63, 3.8) is 0 Å². The van der Waals surface area contributed by atoms with Crippen molar-refractivity contribution in [3.05, 3.63) is 89.7 Å². The van der Waals surface area contributed by atoms with Crippen LogP contribution in [0.25, 0.3) is 0 Å². The molecular formula is C26H28FN3O3S. The largest absolute Gasteiger partial charge is 0.368 e. The van der Waals surface area contributed by atoms with Crippen molar-refractivity contribution in [2.75, 3.05) is 41.9 Å². The summed E-state index contributed by atoms with van der Waals surface area (Å²) in [6.07, 6.45) is 0. The lowest BCUT2D eigenvalue weighted by Gasteiger charge is -2.37. The minimum absolute atomic E-state index is 0.141. The second kappa shape index (κ2) is 9.85. The van der Waals surface area contributed by atoms with Crippen molar-refractivity contribution in [1.82, 2.24) is 4.90 Å². The first-order valence-electron chi connectivity index (χ1n) is 11.2. The molecule has 0 N–H and O–H groups in total. The summed E-state index contributed by atoms with van der Waals surface area (Å²) in [7, 11) is -3.94. The van der Waals surface area contributed by atoms with E-state index >= 15 is 0 Å². The first-order valence-corrected chi connectivity index (χ1v) is 12.6. The zero-order chi connectivity index (χ0) is 24.3. The summed E-state index contributed by atoms with van der Waals surface area (Å²) < 4.78 is 41.5. The van der Waals surface area contributed by atoms with Crippen LogP contribution in [0.1, 0.15) is 11.1 Å². The average Bonchev–Trinajstić information content (AvgIpc) is 2.85. The molecule has 0 aliphatic carbocycles. The van der Waals surface area contributed by atoms with Crippen LogP contribution < -0.4 is 9.21 Å². The third-order valence-electron chi connectivity index (χ3n) is 6.21. The standard InChI is InChI=1S/C26H28FN3O3S/c1-20-8-11-24(18-21(20)2)30(34(32,33)25-6-4-3-5-7-25)19-26(31)29-16-14-28(15-17-29)23-12-9-22(27)10-13-23/h3-13,18H,14-17,19H2,1-2H3. The van der Waals surface area contributed by atoms with Gasteiger partial charge >= 0.3 is 0 Å². The summed E-state index contributed by atoms with van der Waals surface area (Å²) >= 11 is 0. The Morgan fingerprint density at radius 1 is 0.882 bits per heavy atom. The number of benzene rings is 3. The van der Waals surface area contributed by atoms with E-state index < -0.39 is 10.0 Å². The van der Waals surface area contributed by atoms with Gasteiger partial charge in [-0.05, 0) is 73.5 Å². The van der Waals surface area contributed by atoms with E-state index in [1.807, 2.05) is 19.9 Å². The number of hydrogen-bond donors (Lipinski definition) is 0. The summed E-state index contributed by atoms with van der Waals surface area (Å²) in [4.78, 5) is 17.2. The third-order valence-corrected chi connectivity index (χ3v) is 8.00. The number of piperazine rings is 1. The smallest absolute Gasteiger partial charge is 0.264 e. The minimum Gasteiger partial charge on any atom is -0.368 e. The highest BCUT2D eigenvalue weighted by molar-refractivity contribution is 7.92. The molecule has 1 amide bonds. The van der Waals surface area contributed by atoms with Crippen molar-refractivity contribution in [1.29, 1.82) is 0 Å². The third kappa shape index (κ3) is 5.07. The predicted molar refractivity (Wildman–Crippen MR) is 132 cm³/mol. The number of amides is 1. The van der Waals surface area contributed by atoms with E-state index in [0.29, 0.717) is 31.9 Å². The Labute approximate surface area is 200 Å². The Balaban J connectivity index is 1.54. The molecule has 4 rings (SSSR count). The van der Waals surface area contributed by atoms with E-state index in [9.17, 15) is 17.6 Å². The molecule has 0 radical (unpaired) electrons. The van der Waals surface area contributed by atoms with Gasteiger partial charge in [-0.25, -0.2) is 12.8 Å². The molecule has 0 aromatic heterocycles. The molecule has 1 aliphatic rings. The second-order valence-electron chi connectivity index (χ2n) is 8.44. The highest BCUT2D eigenvalue weighted by Crippen LogP contribution is 2.26. The van der Waals surface area contributed by atoms with E-state index in [-0.39, 0.29) is 23.2 Å². The van der Waals surface area contributed by atoms with Crippen LogP contribution in [0.2, 0.25) is 0 Å². The van der Waals surface area contributed by atoms with Gasteiger partial charge in [0.2, 0.25) is 5.91 Å². The molecular weight excluding hydrogens is 453 g/mol. The minimum atomic E-state index is -3.94. The number of anilines is 2. The molecule has 0 unspecified atom stereocenters. The van der Waals surface area contributed by atoms with Gasteiger partial charge in [-0.15, -0.1) is 0 Å². The number of carbonyl (C=O) groups excluding carboxylic acids is 1. The number of sulfonamides is 1. The van der Waals surface area contributed by atoms with Gasteiger partial charge in [0.1, 0.15) is 12.4 Å². The SMILES string of the molecule is Cc1ccc(N(CC(=O)N2CCN(c3ccc(F)cc3)CC2)S(=O)(=O)c2ccccc2)cc1C. The van der Waals surface area contributed by atoms with Crippen LogP contribution in [-0.4, -0.2) is 51.9 Å². The number of halogens is 1. The van der Waals surface area contributed by atoms with Crippen molar-refractivity contribution in [2.45, 2.75) is 18.7 Å². The Kier molecular flexibility index (Phi) is 6.88. The van der Waals surface area contributed by atoms with Gasteiger partial charge in [-0.2, -0.15) is 0 Å². The lowest BCUT2D eigenvalue weighted by atomic mass is 10.1. The van der Waals surface area contributed by atoms with Gasteiger partial charge in [0.15, 0.2) is 0 Å². The monoisotopic (exact) mass is 481 g/mol. The Morgan fingerprint density at radius 2 is 1.53 bits per heavy atom. The highest BCUT2D eigenvalue weighted by atomic mass is 32.2. The van der Waals surface area contributed by atoms with E-state index in [0.717, 1.165) is 16.8 Å². The first kappa shape index (κ1) is 23.8. The van der Waals surface area contributed by atoms with Crippen LogP contribution in [-0.2, 0) is 14.8 Å². The summed E-state index contributed by atoms with van der Waals surface area (Å²) in [6.45, 7) is 5.70. The maximum absolute atomic E-state index is 13.5. The number of nitrogens with zero attached hydrogens (tertiary/aromatic N) is 3. The van der Waals surface area contributed by atoms with Gasteiger partial charge in [-0.1, -0.05) is 24.3 Å². The highest BCUT2D eigenvalue weighted by Gasteiger charge is 2.30. The lowest BCUT2D eigenvalue weighted by Crippen LogP contribution is -2.52. The normalized spacial score (nSPS) is 14.2. The van der Waals surface area contributed by atoms with Crippen molar-refractivity contribution >= 4 is 27.3 Å². The molecule has 1 fully saturated rings. The summed E-state index contributed by atoms with van der Waals surface area (Å²) in [5.74, 6) is -0.542. The number of hydrogen-bond acceptors (Lipinski definition) is 4. The molecule has 0 saturated carbocycles. The van der Waals surface area contributed by atoms with Crippen LogP contribution >= 0.6 is 0 Å². The quantitative estimate of drug-likeness (QED) is 0.534. The molecule has 1 saturated heterocycles. The zero-order valence-electron chi connectivity index (χ0n) is 19.3. The molecule has 3 aromatic rings. The van der Waals surface area contributed by atoms with Gasteiger partial charge in [0.05, 0.1) is 10.6 Å². The molecule has 8 heteroatoms. The van der Waals surface area contributed by atoms with Gasteiger partial charge < -0.3 is 9.80 Å². The Bertz CT molecular complexity index is 1260. The molecule has 0 bridgehead atoms. The van der Waals surface area contributed by atoms with Gasteiger partial charge in [-0.3, -0.25) is 9.10 Å². The fourth-order valence-corrected chi connectivity index (χ4v) is 5.43. The van der Waals surface area contributed by atoms with Crippen molar-refractivity contribution in [2.24, 2.45) is 0 Å². The van der Waals surface area contributed by atoms with Crippen LogP contribution in [0.5, 0.6) is 0 Å². The molecule has 3 aromatic carbocycles. The average molecular weight is 482 g/mol. The Hall–Kier alpha value is -3.39. The van der Waals surface area contributed by atoms with Crippen LogP contribution in [0, 0.1) is 19.7 Å². The molecule has 0 atom stereocenters. The number of rotatable bonds is 6. The molecule has 1 heterocycles. The van der Waals surface area contributed by atoms with Crippen LogP contribution in [0.15, 0.2) is 77.7 Å². The number of aryl methyl sites for hydroxylation is 2. The summed E-state index contributed by atoms with van der Waals surface area (Å²) in [5.41, 5.74) is 3.36. The Morgan fingerprint density at radius 3 is 2.15 bits per heavy atom. The maximum atomic E-state index is 13.5.